The topological polar surface area (TPSA) is 84.2 Å². The van der Waals surface area contributed by atoms with Gasteiger partial charge in [-0.1, -0.05) is 6.07 Å². The minimum atomic E-state index is -0.0914. The van der Waals surface area contributed by atoms with Gasteiger partial charge in [0.2, 0.25) is 5.91 Å². The van der Waals surface area contributed by atoms with E-state index in [1.807, 2.05) is 49.3 Å². The lowest BCUT2D eigenvalue weighted by Crippen LogP contribution is -2.56. The minimum Gasteiger partial charge on any atom is -0.497 e. The van der Waals surface area contributed by atoms with Crippen molar-refractivity contribution in [3.8, 4) is 11.5 Å². The maximum atomic E-state index is 12.6. The van der Waals surface area contributed by atoms with Crippen molar-refractivity contribution in [2.24, 2.45) is 12.0 Å². The third-order valence-electron chi connectivity index (χ3n) is 4.66. The fourth-order valence-corrected chi connectivity index (χ4v) is 3.19. The molecular formula is C20H29IN6O3. The molecule has 0 spiro atoms. The SMILES string of the molecule is CN=C(NCC(C)Oc1cccc(OC)c1)N1CCN(c2cnn(C)c2)C(=O)C1.I. The van der Waals surface area contributed by atoms with Gasteiger partial charge in [0.05, 0.1) is 25.5 Å². The van der Waals surface area contributed by atoms with Crippen LogP contribution in [0.4, 0.5) is 5.69 Å². The summed E-state index contributed by atoms with van der Waals surface area (Å²) in [5, 5.41) is 7.44. The number of benzene rings is 1. The Hall–Kier alpha value is -2.50. The molecule has 164 valence electrons. The lowest BCUT2D eigenvalue weighted by molar-refractivity contribution is -0.120. The van der Waals surface area contributed by atoms with Crippen LogP contribution in [0.5, 0.6) is 11.5 Å². The molecule has 0 bridgehead atoms. The number of nitrogens with one attached hydrogen (secondary N) is 1. The molecule has 1 fully saturated rings. The lowest BCUT2D eigenvalue weighted by atomic mass is 10.3. The summed E-state index contributed by atoms with van der Waals surface area (Å²) in [7, 11) is 5.18. The van der Waals surface area contributed by atoms with Crippen molar-refractivity contribution in [1.29, 1.82) is 0 Å². The number of ether oxygens (including phenoxy) is 2. The molecule has 30 heavy (non-hydrogen) atoms. The molecule has 9 nitrogen and oxygen atoms in total. The number of nitrogens with zero attached hydrogens (tertiary/aromatic N) is 5. The number of hydrogen-bond acceptors (Lipinski definition) is 5. The molecule has 1 aromatic carbocycles. The molecule has 1 amide bonds. The number of amides is 1. The van der Waals surface area contributed by atoms with Crippen LogP contribution < -0.4 is 19.7 Å². The van der Waals surface area contributed by atoms with Crippen molar-refractivity contribution >= 4 is 41.5 Å². The number of carbonyl (C=O) groups is 1. The second kappa shape index (κ2) is 11.0. The Morgan fingerprint density at radius 2 is 2.10 bits per heavy atom. The Morgan fingerprint density at radius 1 is 1.33 bits per heavy atom. The summed E-state index contributed by atoms with van der Waals surface area (Å²) in [5.74, 6) is 2.20. The Kier molecular flexibility index (Phi) is 8.75. The van der Waals surface area contributed by atoms with E-state index in [0.29, 0.717) is 25.6 Å². The molecular weight excluding hydrogens is 499 g/mol. The number of guanidine groups is 1. The van der Waals surface area contributed by atoms with Crippen LogP contribution in [-0.2, 0) is 11.8 Å². The number of carbonyl (C=O) groups excluding carboxylic acids is 1. The molecule has 1 N–H and O–H groups in total. The maximum Gasteiger partial charge on any atom is 0.246 e. The molecule has 1 aliphatic rings. The zero-order valence-electron chi connectivity index (χ0n) is 17.7. The van der Waals surface area contributed by atoms with E-state index < -0.39 is 0 Å². The van der Waals surface area contributed by atoms with Crippen LogP contribution in [0.2, 0.25) is 0 Å². The number of hydrogen-bond donors (Lipinski definition) is 1. The van der Waals surface area contributed by atoms with E-state index in [2.05, 4.69) is 15.4 Å². The third kappa shape index (κ3) is 6.00. The van der Waals surface area contributed by atoms with Crippen LogP contribution >= 0.6 is 24.0 Å². The summed E-state index contributed by atoms with van der Waals surface area (Å²) in [6.07, 6.45) is 3.46. The second-order valence-corrected chi connectivity index (χ2v) is 6.87. The van der Waals surface area contributed by atoms with Crippen LogP contribution in [0.3, 0.4) is 0 Å². The van der Waals surface area contributed by atoms with Gasteiger partial charge in [0.15, 0.2) is 5.96 Å². The maximum absolute atomic E-state index is 12.6. The van der Waals surface area contributed by atoms with E-state index in [1.165, 1.54) is 0 Å². The molecule has 2 aromatic rings. The molecule has 0 saturated carbocycles. The normalized spacial score (nSPS) is 15.5. The lowest BCUT2D eigenvalue weighted by Gasteiger charge is -2.35. The quantitative estimate of drug-likeness (QED) is 0.350. The van der Waals surface area contributed by atoms with E-state index >= 15 is 0 Å². The summed E-state index contributed by atoms with van der Waals surface area (Å²) >= 11 is 0. The first-order valence-corrected chi connectivity index (χ1v) is 9.55. The monoisotopic (exact) mass is 528 g/mol. The molecule has 1 unspecified atom stereocenters. The molecule has 1 atom stereocenters. The van der Waals surface area contributed by atoms with Crippen LogP contribution in [0.1, 0.15) is 6.92 Å². The summed E-state index contributed by atoms with van der Waals surface area (Å²) in [6, 6.07) is 7.51. The summed E-state index contributed by atoms with van der Waals surface area (Å²) in [4.78, 5) is 20.6. The standard InChI is InChI=1S/C20H28N6O3.HI/c1-15(29-18-7-5-6-17(10-18)28-4)11-22-20(21-2)25-8-9-26(19(27)14-25)16-12-23-24(3)13-16;/h5-7,10,12-13,15H,8-9,11,14H2,1-4H3,(H,21,22);1H. The predicted molar refractivity (Wildman–Crippen MR) is 127 cm³/mol. The fraction of sp³-hybridized carbons (Fsp3) is 0.450. The van der Waals surface area contributed by atoms with Gasteiger partial charge in [0.1, 0.15) is 24.1 Å². The highest BCUT2D eigenvalue weighted by Gasteiger charge is 2.27. The summed E-state index contributed by atoms with van der Waals surface area (Å²) in [6.45, 7) is 4.07. The van der Waals surface area contributed by atoms with Crippen LogP contribution in [-0.4, -0.2) is 73.0 Å². The predicted octanol–water partition coefficient (Wildman–Crippen LogP) is 1.74. The fourth-order valence-electron chi connectivity index (χ4n) is 3.19. The Balaban J connectivity index is 0.00000320. The number of anilines is 1. The van der Waals surface area contributed by atoms with Gasteiger partial charge < -0.3 is 24.6 Å². The molecule has 1 aromatic heterocycles. The molecule has 2 heterocycles. The number of halogens is 1. The molecule has 1 saturated heterocycles. The molecule has 3 rings (SSSR count). The van der Waals surface area contributed by atoms with Crippen LogP contribution in [0, 0.1) is 0 Å². The zero-order chi connectivity index (χ0) is 20.8. The summed E-state index contributed by atoms with van der Waals surface area (Å²) < 4.78 is 12.9. The number of rotatable bonds is 6. The number of aromatic nitrogens is 2. The van der Waals surface area contributed by atoms with Gasteiger partial charge in [-0.3, -0.25) is 14.5 Å². The van der Waals surface area contributed by atoms with Crippen molar-refractivity contribution in [2.45, 2.75) is 13.0 Å². The van der Waals surface area contributed by atoms with E-state index in [1.54, 1.807) is 29.9 Å². The number of piperazine rings is 1. The highest BCUT2D eigenvalue weighted by molar-refractivity contribution is 14.0. The van der Waals surface area contributed by atoms with E-state index in [4.69, 9.17) is 9.47 Å². The van der Waals surface area contributed by atoms with Gasteiger partial charge in [-0.05, 0) is 19.1 Å². The largest absolute Gasteiger partial charge is 0.497 e. The second-order valence-electron chi connectivity index (χ2n) is 6.87. The average molecular weight is 528 g/mol. The molecule has 0 aliphatic carbocycles. The van der Waals surface area contributed by atoms with Gasteiger partial charge in [0, 0.05) is 39.4 Å². The van der Waals surface area contributed by atoms with Gasteiger partial charge >= 0.3 is 0 Å². The van der Waals surface area contributed by atoms with Gasteiger partial charge in [-0.15, -0.1) is 24.0 Å². The smallest absolute Gasteiger partial charge is 0.246 e. The Labute approximate surface area is 194 Å². The van der Waals surface area contributed by atoms with Crippen molar-refractivity contribution in [1.82, 2.24) is 20.0 Å². The number of aliphatic imine (C=N–C) groups is 1. The third-order valence-corrected chi connectivity index (χ3v) is 4.66. The minimum absolute atomic E-state index is 0. The van der Waals surface area contributed by atoms with Crippen molar-refractivity contribution in [3.05, 3.63) is 36.7 Å². The van der Waals surface area contributed by atoms with Crippen LogP contribution in [0.15, 0.2) is 41.7 Å². The Morgan fingerprint density at radius 3 is 2.73 bits per heavy atom. The van der Waals surface area contributed by atoms with E-state index in [-0.39, 0.29) is 42.5 Å². The van der Waals surface area contributed by atoms with Crippen molar-refractivity contribution in [2.75, 3.05) is 45.2 Å². The highest BCUT2D eigenvalue weighted by Crippen LogP contribution is 2.20. The van der Waals surface area contributed by atoms with E-state index in [9.17, 15) is 4.79 Å². The zero-order valence-corrected chi connectivity index (χ0v) is 20.1. The first-order chi connectivity index (χ1) is 14.0. The number of methoxy groups -OCH3 is 1. The van der Waals surface area contributed by atoms with Crippen LogP contribution in [0.25, 0.3) is 0 Å². The molecule has 1 aliphatic heterocycles. The molecule has 10 heteroatoms. The van der Waals surface area contributed by atoms with Gasteiger partial charge in [-0.25, -0.2) is 0 Å². The Bertz CT molecular complexity index is 872. The highest BCUT2D eigenvalue weighted by atomic mass is 127. The average Bonchev–Trinajstić information content (AvgIpc) is 3.14. The van der Waals surface area contributed by atoms with E-state index in [0.717, 1.165) is 17.2 Å². The van der Waals surface area contributed by atoms with Crippen molar-refractivity contribution in [3.63, 3.8) is 0 Å². The number of aryl methyl sites for hydroxylation is 1. The summed E-state index contributed by atoms with van der Waals surface area (Å²) in [5.41, 5.74) is 0.820. The van der Waals surface area contributed by atoms with Gasteiger partial charge in [-0.2, -0.15) is 5.10 Å². The first kappa shape index (κ1) is 23.8. The first-order valence-electron chi connectivity index (χ1n) is 9.55. The van der Waals surface area contributed by atoms with Crippen molar-refractivity contribution < 1.29 is 14.3 Å². The van der Waals surface area contributed by atoms with Gasteiger partial charge in [0.25, 0.3) is 0 Å². The molecule has 0 radical (unpaired) electrons.